The number of rotatable bonds is 10. The number of nitrogens with one attached hydrogen (secondary N) is 1. The summed E-state index contributed by atoms with van der Waals surface area (Å²) in [7, 11) is 0. The maximum Gasteiger partial charge on any atom is 0.244 e. The molecule has 0 aliphatic carbocycles. The van der Waals surface area contributed by atoms with Crippen molar-refractivity contribution < 1.29 is 47.8 Å². The largest absolute Gasteiger partial charge is 0.490 e. The smallest absolute Gasteiger partial charge is 0.244 e. The van der Waals surface area contributed by atoms with Crippen molar-refractivity contribution in [3.05, 3.63) is 65.0 Å². The molecule has 0 fully saturated rings. The molecular formula is C30H30FNO9. The summed E-state index contributed by atoms with van der Waals surface area (Å²) in [4.78, 5) is 14.4. The third-order valence-corrected chi connectivity index (χ3v) is 7.56. The monoisotopic (exact) mass is 567 g/mol. The maximum atomic E-state index is 15.2. The molecule has 3 N–H and O–H groups in total. The highest BCUT2D eigenvalue weighted by Crippen LogP contribution is 2.57. The Hall–Kier alpha value is -4.22. The molecule has 6 rings (SSSR count). The molecule has 10 nitrogen and oxygen atoms in total. The average Bonchev–Trinajstić information content (AvgIpc) is 3.71. The van der Waals surface area contributed by atoms with E-state index in [1.165, 1.54) is 12.1 Å². The highest BCUT2D eigenvalue weighted by molar-refractivity contribution is 6.12. The molecule has 2 atom stereocenters. The molecule has 11 heteroatoms. The molecule has 3 aliphatic heterocycles. The van der Waals surface area contributed by atoms with E-state index in [0.717, 1.165) is 0 Å². The number of aliphatic hydroxyl groups excluding tert-OH is 2. The molecule has 0 aromatic heterocycles. The minimum Gasteiger partial charge on any atom is -0.490 e. The minimum atomic E-state index is -1.74. The van der Waals surface area contributed by atoms with Crippen molar-refractivity contribution in [3.63, 3.8) is 0 Å². The number of fused-ring (bicyclic) bond motifs is 3. The van der Waals surface area contributed by atoms with Gasteiger partial charge in [-0.25, -0.2) is 4.39 Å². The summed E-state index contributed by atoms with van der Waals surface area (Å²) >= 11 is 0. The third kappa shape index (κ3) is 4.45. The lowest BCUT2D eigenvalue weighted by atomic mass is 9.69. The predicted octanol–water partition coefficient (Wildman–Crippen LogP) is 3.87. The average molecular weight is 568 g/mol. The fraction of sp³-hybridized carbons (Fsp3) is 0.367. The first-order valence-corrected chi connectivity index (χ1v) is 13.5. The van der Waals surface area contributed by atoms with Gasteiger partial charge in [-0.2, -0.15) is 0 Å². The molecule has 41 heavy (non-hydrogen) atoms. The molecule has 0 radical (unpaired) electrons. The van der Waals surface area contributed by atoms with Crippen molar-refractivity contribution in [2.45, 2.75) is 44.3 Å². The van der Waals surface area contributed by atoms with Gasteiger partial charge in [-0.1, -0.05) is 26.0 Å². The quantitative estimate of drug-likeness (QED) is 0.335. The van der Waals surface area contributed by atoms with Crippen molar-refractivity contribution in [2.24, 2.45) is 0 Å². The molecule has 216 valence electrons. The van der Waals surface area contributed by atoms with E-state index in [1.54, 1.807) is 30.3 Å². The molecule has 3 aromatic carbocycles. The molecule has 0 spiro atoms. The Kier molecular flexibility index (Phi) is 7.00. The van der Waals surface area contributed by atoms with Gasteiger partial charge in [0.15, 0.2) is 23.0 Å². The van der Waals surface area contributed by atoms with Crippen LogP contribution >= 0.6 is 0 Å². The Labute approximate surface area is 235 Å². The molecular weight excluding hydrogens is 537 g/mol. The first-order chi connectivity index (χ1) is 19.9. The zero-order valence-corrected chi connectivity index (χ0v) is 22.6. The van der Waals surface area contributed by atoms with Crippen molar-refractivity contribution in [3.8, 4) is 34.5 Å². The molecule has 0 saturated carbocycles. The predicted molar refractivity (Wildman–Crippen MR) is 144 cm³/mol. The molecule has 3 aliphatic rings. The summed E-state index contributed by atoms with van der Waals surface area (Å²) in [5.74, 6) is 0.795. The van der Waals surface area contributed by atoms with Crippen LogP contribution in [0.4, 0.5) is 10.1 Å². The normalized spacial score (nSPS) is 17.1. The summed E-state index contributed by atoms with van der Waals surface area (Å²) in [5, 5.41) is 23.3. The van der Waals surface area contributed by atoms with E-state index >= 15 is 4.39 Å². The molecule has 3 aromatic rings. The van der Waals surface area contributed by atoms with Crippen LogP contribution < -0.4 is 33.7 Å². The van der Waals surface area contributed by atoms with E-state index in [1.807, 2.05) is 13.8 Å². The number of amides is 1. The van der Waals surface area contributed by atoms with Crippen LogP contribution in [0.2, 0.25) is 0 Å². The zero-order chi connectivity index (χ0) is 28.7. The highest BCUT2D eigenvalue weighted by atomic mass is 19.1. The van der Waals surface area contributed by atoms with Crippen molar-refractivity contribution in [1.82, 2.24) is 0 Å². The molecule has 3 heterocycles. The van der Waals surface area contributed by atoms with Gasteiger partial charge in [-0.15, -0.1) is 0 Å². The number of anilines is 1. The lowest BCUT2D eigenvalue weighted by Crippen LogP contribution is -2.38. The van der Waals surface area contributed by atoms with E-state index in [4.69, 9.17) is 28.4 Å². The zero-order valence-electron chi connectivity index (χ0n) is 22.6. The summed E-state index contributed by atoms with van der Waals surface area (Å²) in [6, 6.07) is 10.9. The van der Waals surface area contributed by atoms with Crippen LogP contribution in [0.1, 0.15) is 43.4 Å². The second-order valence-electron chi connectivity index (χ2n) is 10.0. The Morgan fingerprint density at radius 3 is 1.80 bits per heavy atom. The fourth-order valence-corrected chi connectivity index (χ4v) is 5.25. The standard InChI is InChI=1S/C30H30FNO9/c1-3-16(33)12-36-22-10-26-24(38-14-40-26)8-19(22)30(18-6-5-7-21(31)28(18)32-29(30)35)20-9-25-27(41-15-39-25)11-23(20)37-13-17(34)4-2/h5-11,16-17,33-34H,3-4,12-15H2,1-2H3,(H,32,35)/t16-,17-/m1/s1. The van der Waals surface area contributed by atoms with Crippen LogP contribution in [0.25, 0.3) is 0 Å². The van der Waals surface area contributed by atoms with E-state index in [0.29, 0.717) is 52.5 Å². The number of halogens is 1. The Bertz CT molecular complexity index is 1420. The minimum absolute atomic E-state index is 0.00641. The van der Waals surface area contributed by atoms with Crippen molar-refractivity contribution in [1.29, 1.82) is 0 Å². The maximum absolute atomic E-state index is 15.2. The third-order valence-electron chi connectivity index (χ3n) is 7.56. The van der Waals surface area contributed by atoms with E-state index in [2.05, 4.69) is 5.32 Å². The van der Waals surface area contributed by atoms with Crippen LogP contribution in [0.5, 0.6) is 34.5 Å². The van der Waals surface area contributed by atoms with E-state index in [-0.39, 0.29) is 44.0 Å². The van der Waals surface area contributed by atoms with E-state index in [9.17, 15) is 15.0 Å². The van der Waals surface area contributed by atoms with Gasteiger partial charge in [-0.05, 0) is 31.0 Å². The number of hydrogen-bond acceptors (Lipinski definition) is 9. The number of para-hydroxylation sites is 1. The van der Waals surface area contributed by atoms with E-state index < -0.39 is 29.3 Å². The lowest BCUT2D eigenvalue weighted by Gasteiger charge is -2.32. The number of ether oxygens (including phenoxy) is 6. The van der Waals surface area contributed by atoms with Gasteiger partial charge >= 0.3 is 0 Å². The van der Waals surface area contributed by atoms with Crippen LogP contribution in [-0.4, -0.2) is 55.1 Å². The Morgan fingerprint density at radius 2 is 1.32 bits per heavy atom. The van der Waals surface area contributed by atoms with Crippen LogP contribution in [0.3, 0.4) is 0 Å². The lowest BCUT2D eigenvalue weighted by molar-refractivity contribution is -0.118. The highest BCUT2D eigenvalue weighted by Gasteiger charge is 2.55. The number of carbonyl (C=O) groups is 1. The van der Waals surface area contributed by atoms with Gasteiger partial charge in [0, 0.05) is 28.8 Å². The van der Waals surface area contributed by atoms with Gasteiger partial charge in [-0.3, -0.25) is 4.79 Å². The SMILES string of the molecule is CC[C@@H](O)COc1cc2c(cc1C1(c3cc4c(cc3OC[C@H](O)CC)OCO4)C(=O)Nc3c(F)cccc31)OCO2. The molecule has 0 bridgehead atoms. The number of carbonyl (C=O) groups excluding carboxylic acids is 1. The molecule has 1 amide bonds. The van der Waals surface area contributed by atoms with Crippen molar-refractivity contribution >= 4 is 11.6 Å². The molecule has 0 unspecified atom stereocenters. The molecule has 0 saturated heterocycles. The Morgan fingerprint density at radius 1 is 0.829 bits per heavy atom. The number of hydrogen-bond donors (Lipinski definition) is 3. The van der Waals surface area contributed by atoms with Crippen molar-refractivity contribution in [2.75, 3.05) is 32.1 Å². The first-order valence-electron chi connectivity index (χ1n) is 13.5. The van der Waals surface area contributed by atoms with Gasteiger partial charge in [0.1, 0.15) is 35.9 Å². The van der Waals surface area contributed by atoms with Crippen LogP contribution in [-0.2, 0) is 10.2 Å². The second kappa shape index (κ2) is 10.6. The second-order valence-corrected chi connectivity index (χ2v) is 10.0. The van der Waals surface area contributed by atoms with Crippen LogP contribution in [0, 0.1) is 5.82 Å². The van der Waals surface area contributed by atoms with Crippen LogP contribution in [0.15, 0.2) is 42.5 Å². The van der Waals surface area contributed by atoms with Gasteiger partial charge in [0.25, 0.3) is 0 Å². The van der Waals surface area contributed by atoms with Gasteiger partial charge in [0.05, 0.1) is 17.9 Å². The topological polar surface area (TPSA) is 125 Å². The van der Waals surface area contributed by atoms with Gasteiger partial charge < -0.3 is 44.0 Å². The fourth-order valence-electron chi connectivity index (χ4n) is 5.25. The first kappa shape index (κ1) is 27.0. The van der Waals surface area contributed by atoms with Gasteiger partial charge in [0.2, 0.25) is 19.5 Å². The number of benzene rings is 3. The summed E-state index contributed by atoms with van der Waals surface area (Å²) in [6.45, 7) is 3.44. The summed E-state index contributed by atoms with van der Waals surface area (Å²) in [5.41, 5.74) is -0.800. The Balaban J connectivity index is 1.65. The number of aliphatic hydroxyl groups is 2. The summed E-state index contributed by atoms with van der Waals surface area (Å²) in [6.07, 6.45) is -0.656. The summed E-state index contributed by atoms with van der Waals surface area (Å²) < 4.78 is 50.0.